The van der Waals surface area contributed by atoms with Crippen LogP contribution in [0.3, 0.4) is 0 Å². The highest BCUT2D eigenvalue weighted by molar-refractivity contribution is 6.12. The highest BCUT2D eigenvalue weighted by Gasteiger charge is 2.24. The van der Waals surface area contributed by atoms with Crippen molar-refractivity contribution in [3.05, 3.63) is 71.2 Å². The Morgan fingerprint density at radius 2 is 1.88 bits per heavy atom. The highest BCUT2D eigenvalue weighted by atomic mass is 19.1. The molecule has 0 bridgehead atoms. The average molecular weight is 322 g/mol. The van der Waals surface area contributed by atoms with Gasteiger partial charge in [-0.15, -0.1) is 0 Å². The van der Waals surface area contributed by atoms with Crippen LogP contribution >= 0.6 is 0 Å². The standard InChI is InChI=1S/C18H11FN2O3/c19-14-5-3-13(4-6-14)17-21-16(18(22)24-17)11-12-1-7-15(8-2-12)23-10-9-20/h1-8,11H,10H2/b16-11-. The van der Waals surface area contributed by atoms with Crippen molar-refractivity contribution < 1.29 is 18.7 Å². The first-order valence-corrected chi connectivity index (χ1v) is 7.04. The predicted octanol–water partition coefficient (Wildman–Crippen LogP) is 3.07. The molecule has 118 valence electrons. The van der Waals surface area contributed by atoms with Gasteiger partial charge in [0.25, 0.3) is 0 Å². The van der Waals surface area contributed by atoms with Crippen LogP contribution in [0.15, 0.2) is 59.2 Å². The number of hydrogen-bond donors (Lipinski definition) is 0. The number of nitriles is 1. The molecule has 1 aliphatic rings. The second-order valence-corrected chi connectivity index (χ2v) is 4.86. The molecule has 2 aromatic rings. The van der Waals surface area contributed by atoms with E-state index >= 15 is 0 Å². The minimum atomic E-state index is -0.570. The molecule has 0 saturated heterocycles. The summed E-state index contributed by atoms with van der Waals surface area (Å²) in [6.45, 7) is -0.0297. The Kier molecular flexibility index (Phi) is 4.34. The fraction of sp³-hybridized carbons (Fsp3) is 0.0556. The summed E-state index contributed by atoms with van der Waals surface area (Å²) < 4.78 is 23.2. The van der Waals surface area contributed by atoms with E-state index < -0.39 is 5.97 Å². The predicted molar refractivity (Wildman–Crippen MR) is 84.6 cm³/mol. The molecule has 0 saturated carbocycles. The smallest absolute Gasteiger partial charge is 0.363 e. The SMILES string of the molecule is N#CCOc1ccc(/C=C2\N=C(c3ccc(F)cc3)OC2=O)cc1. The fourth-order valence-electron chi connectivity index (χ4n) is 2.06. The zero-order valence-electron chi connectivity index (χ0n) is 12.4. The number of ether oxygens (including phenoxy) is 2. The van der Waals surface area contributed by atoms with Crippen LogP contribution in [0.1, 0.15) is 11.1 Å². The summed E-state index contributed by atoms with van der Waals surface area (Å²) in [5.41, 5.74) is 1.41. The maximum Gasteiger partial charge on any atom is 0.363 e. The van der Waals surface area contributed by atoms with Gasteiger partial charge in [0.2, 0.25) is 5.90 Å². The van der Waals surface area contributed by atoms with Crippen LogP contribution in [0.25, 0.3) is 6.08 Å². The van der Waals surface area contributed by atoms with Gasteiger partial charge in [0.15, 0.2) is 12.3 Å². The van der Waals surface area contributed by atoms with Gasteiger partial charge in [-0.1, -0.05) is 12.1 Å². The second-order valence-electron chi connectivity index (χ2n) is 4.86. The molecule has 0 amide bonds. The Balaban J connectivity index is 1.80. The van der Waals surface area contributed by atoms with Crippen LogP contribution in [0.5, 0.6) is 5.75 Å². The summed E-state index contributed by atoms with van der Waals surface area (Å²) in [5.74, 6) is -0.249. The van der Waals surface area contributed by atoms with Gasteiger partial charge < -0.3 is 9.47 Å². The lowest BCUT2D eigenvalue weighted by Gasteiger charge is -2.01. The van der Waals surface area contributed by atoms with Crippen LogP contribution in [0, 0.1) is 17.1 Å². The molecule has 24 heavy (non-hydrogen) atoms. The maximum atomic E-state index is 12.9. The molecule has 0 atom stereocenters. The molecular weight excluding hydrogens is 311 g/mol. The number of esters is 1. The molecule has 3 rings (SSSR count). The largest absolute Gasteiger partial charge is 0.479 e. The van der Waals surface area contributed by atoms with E-state index in [1.807, 2.05) is 6.07 Å². The molecule has 2 aromatic carbocycles. The van der Waals surface area contributed by atoms with Crippen molar-refractivity contribution in [1.82, 2.24) is 0 Å². The number of hydrogen-bond acceptors (Lipinski definition) is 5. The van der Waals surface area contributed by atoms with Crippen molar-refractivity contribution in [3.63, 3.8) is 0 Å². The van der Waals surface area contributed by atoms with Crippen LogP contribution in [0.2, 0.25) is 0 Å². The summed E-state index contributed by atoms with van der Waals surface area (Å²) in [6, 6.07) is 14.3. The molecule has 6 heteroatoms. The first kappa shape index (κ1) is 15.4. The van der Waals surface area contributed by atoms with Gasteiger partial charge in [0.1, 0.15) is 17.6 Å². The molecule has 0 fully saturated rings. The summed E-state index contributed by atoms with van der Waals surface area (Å²) in [4.78, 5) is 16.0. The van der Waals surface area contributed by atoms with Crippen molar-refractivity contribution in [2.75, 3.05) is 6.61 Å². The number of aliphatic imine (C=N–C) groups is 1. The van der Waals surface area contributed by atoms with Crippen LogP contribution < -0.4 is 4.74 Å². The van der Waals surface area contributed by atoms with Gasteiger partial charge >= 0.3 is 5.97 Å². The maximum absolute atomic E-state index is 12.9. The quantitative estimate of drug-likeness (QED) is 0.640. The monoisotopic (exact) mass is 322 g/mol. The highest BCUT2D eigenvalue weighted by Crippen LogP contribution is 2.20. The van der Waals surface area contributed by atoms with Crippen LogP contribution in [0.4, 0.5) is 4.39 Å². The Morgan fingerprint density at radius 3 is 2.54 bits per heavy atom. The van der Waals surface area contributed by atoms with Gasteiger partial charge in [0.05, 0.1) is 0 Å². The lowest BCUT2D eigenvalue weighted by atomic mass is 10.2. The van der Waals surface area contributed by atoms with Crippen LogP contribution in [-0.2, 0) is 9.53 Å². The number of rotatable bonds is 4. The van der Waals surface area contributed by atoms with E-state index in [2.05, 4.69) is 4.99 Å². The number of cyclic esters (lactones) is 1. The molecule has 0 radical (unpaired) electrons. The minimum absolute atomic E-state index is 0.0297. The average Bonchev–Trinajstić information content (AvgIpc) is 2.95. The normalized spacial score (nSPS) is 14.9. The molecule has 1 heterocycles. The molecule has 0 unspecified atom stereocenters. The third-order valence-electron chi connectivity index (χ3n) is 3.20. The minimum Gasteiger partial charge on any atom is -0.479 e. The van der Waals surface area contributed by atoms with Gasteiger partial charge in [-0.3, -0.25) is 0 Å². The molecular formula is C18H11FN2O3. The number of benzene rings is 2. The van der Waals surface area contributed by atoms with Gasteiger partial charge in [-0.25, -0.2) is 14.2 Å². The molecule has 0 aliphatic carbocycles. The van der Waals surface area contributed by atoms with E-state index in [1.54, 1.807) is 30.3 Å². The van der Waals surface area contributed by atoms with Crippen molar-refractivity contribution >= 4 is 17.9 Å². The van der Waals surface area contributed by atoms with Crippen molar-refractivity contribution in [1.29, 1.82) is 5.26 Å². The zero-order chi connectivity index (χ0) is 16.9. The summed E-state index contributed by atoms with van der Waals surface area (Å²) in [5, 5.41) is 8.46. The number of carbonyl (C=O) groups is 1. The van der Waals surface area contributed by atoms with E-state index in [0.29, 0.717) is 11.3 Å². The third kappa shape index (κ3) is 3.47. The first-order chi connectivity index (χ1) is 11.7. The second kappa shape index (κ2) is 6.75. The first-order valence-electron chi connectivity index (χ1n) is 7.04. The van der Waals surface area contributed by atoms with E-state index in [1.165, 1.54) is 24.3 Å². The summed E-state index contributed by atoms with van der Waals surface area (Å²) in [6.07, 6.45) is 1.58. The van der Waals surface area contributed by atoms with Crippen LogP contribution in [-0.4, -0.2) is 18.5 Å². The van der Waals surface area contributed by atoms with Gasteiger partial charge in [0, 0.05) is 5.56 Å². The van der Waals surface area contributed by atoms with Gasteiger partial charge in [-0.05, 0) is 48.0 Å². The lowest BCUT2D eigenvalue weighted by Crippen LogP contribution is -2.05. The fourth-order valence-corrected chi connectivity index (χ4v) is 2.06. The molecule has 0 spiro atoms. The van der Waals surface area contributed by atoms with E-state index in [0.717, 1.165) is 5.56 Å². The van der Waals surface area contributed by atoms with Crippen molar-refractivity contribution in [2.24, 2.45) is 4.99 Å². The Labute approximate surface area is 137 Å². The molecule has 0 aromatic heterocycles. The summed E-state index contributed by atoms with van der Waals surface area (Å²) >= 11 is 0. The Hall–Kier alpha value is -3.46. The number of halogens is 1. The van der Waals surface area contributed by atoms with Crippen molar-refractivity contribution in [3.8, 4) is 11.8 Å². The Morgan fingerprint density at radius 1 is 1.17 bits per heavy atom. The van der Waals surface area contributed by atoms with E-state index in [9.17, 15) is 9.18 Å². The van der Waals surface area contributed by atoms with E-state index in [4.69, 9.17) is 14.7 Å². The lowest BCUT2D eigenvalue weighted by molar-refractivity contribution is -0.129. The molecule has 0 N–H and O–H groups in total. The molecule has 5 nitrogen and oxygen atoms in total. The molecule has 1 aliphatic heterocycles. The van der Waals surface area contributed by atoms with Gasteiger partial charge in [-0.2, -0.15) is 5.26 Å². The summed E-state index contributed by atoms with van der Waals surface area (Å²) in [7, 11) is 0. The topological polar surface area (TPSA) is 71.7 Å². The number of carbonyl (C=O) groups excluding carboxylic acids is 1. The zero-order valence-corrected chi connectivity index (χ0v) is 12.4. The van der Waals surface area contributed by atoms with E-state index in [-0.39, 0.29) is 24.0 Å². The third-order valence-corrected chi connectivity index (χ3v) is 3.20. The van der Waals surface area contributed by atoms with Crippen molar-refractivity contribution in [2.45, 2.75) is 0 Å². The Bertz CT molecular complexity index is 863. The number of nitrogens with zero attached hydrogens (tertiary/aromatic N) is 2.